The zero-order chi connectivity index (χ0) is 16.4. The largest absolute Gasteiger partial charge is 0.293 e. The van der Waals surface area contributed by atoms with Crippen molar-refractivity contribution < 1.29 is 0 Å². The maximum Gasteiger partial charge on any atom is 0.258 e. The van der Waals surface area contributed by atoms with Crippen LogP contribution in [0.15, 0.2) is 45.1 Å². The second-order valence-electron chi connectivity index (χ2n) is 5.17. The normalized spacial score (nSPS) is 11.5. The molecule has 3 rings (SSSR count). The monoisotopic (exact) mass is 411 g/mol. The number of pyridine rings is 1. The maximum atomic E-state index is 12.2. The molecule has 120 valence electrons. The van der Waals surface area contributed by atoms with E-state index >= 15 is 0 Å². The summed E-state index contributed by atoms with van der Waals surface area (Å²) in [4.78, 5) is 20.3. The molecule has 0 bridgehead atoms. The lowest BCUT2D eigenvalue weighted by atomic mass is 10.3. The molecule has 0 saturated heterocycles. The van der Waals surface area contributed by atoms with Gasteiger partial charge in [-0.3, -0.25) is 14.1 Å². The molecule has 4 nitrogen and oxygen atoms in total. The smallest absolute Gasteiger partial charge is 0.258 e. The Kier molecular flexibility index (Phi) is 5.16. The topological polar surface area (TPSA) is 37.6 Å². The molecule has 3 heterocycles. The van der Waals surface area contributed by atoms with Gasteiger partial charge in [-0.1, -0.05) is 18.5 Å². The van der Waals surface area contributed by atoms with Gasteiger partial charge in [-0.2, -0.15) is 0 Å². The number of thiophene rings is 1. The summed E-state index contributed by atoms with van der Waals surface area (Å²) in [5.41, 5.74) is 1.28. The fraction of sp³-hybridized carbons (Fsp3) is 0.250. The Balaban J connectivity index is 1.84. The van der Waals surface area contributed by atoms with Crippen molar-refractivity contribution in [2.24, 2.45) is 0 Å². The standard InChI is InChI=1S/C16H15BrClN3OS/c1-2-20(10-13-4-5-14(17)23-13)9-12-7-16(22)21-8-11(18)3-6-15(21)19-12/h3-8H,2,9-10H2,1H3. The lowest BCUT2D eigenvalue weighted by molar-refractivity contribution is 0.270. The molecule has 0 amide bonds. The van der Waals surface area contributed by atoms with Gasteiger partial charge in [0.2, 0.25) is 0 Å². The average molecular weight is 413 g/mol. The highest BCUT2D eigenvalue weighted by atomic mass is 79.9. The molecule has 7 heteroatoms. The third-order valence-electron chi connectivity index (χ3n) is 3.52. The summed E-state index contributed by atoms with van der Waals surface area (Å²) in [7, 11) is 0. The fourth-order valence-electron chi connectivity index (χ4n) is 2.37. The number of rotatable bonds is 5. The van der Waals surface area contributed by atoms with Crippen LogP contribution >= 0.6 is 38.9 Å². The molecule has 23 heavy (non-hydrogen) atoms. The Morgan fingerprint density at radius 2 is 2.13 bits per heavy atom. The van der Waals surface area contributed by atoms with Crippen molar-refractivity contribution in [3.05, 3.63) is 66.3 Å². The van der Waals surface area contributed by atoms with Gasteiger partial charge < -0.3 is 0 Å². The first-order valence-electron chi connectivity index (χ1n) is 7.19. The van der Waals surface area contributed by atoms with Crippen molar-refractivity contribution in [3.63, 3.8) is 0 Å². The predicted molar refractivity (Wildman–Crippen MR) is 98.3 cm³/mol. The van der Waals surface area contributed by atoms with E-state index in [2.05, 4.69) is 44.9 Å². The maximum absolute atomic E-state index is 12.2. The van der Waals surface area contributed by atoms with Gasteiger partial charge in [0, 0.05) is 30.2 Å². The van der Waals surface area contributed by atoms with E-state index in [1.54, 1.807) is 35.7 Å². The SMILES string of the molecule is CCN(Cc1cc(=O)n2cc(Cl)ccc2n1)Cc1ccc(Br)s1. The summed E-state index contributed by atoms with van der Waals surface area (Å²) < 4.78 is 2.60. The minimum absolute atomic E-state index is 0.109. The minimum atomic E-state index is -0.109. The van der Waals surface area contributed by atoms with E-state index in [1.165, 1.54) is 9.28 Å². The second-order valence-corrected chi connectivity index (χ2v) is 8.15. The van der Waals surface area contributed by atoms with E-state index in [1.807, 2.05) is 0 Å². The molecule has 0 aliphatic heterocycles. The molecule has 0 radical (unpaired) electrons. The highest BCUT2D eigenvalue weighted by molar-refractivity contribution is 9.11. The molecule has 3 aromatic rings. The third-order valence-corrected chi connectivity index (χ3v) is 5.35. The molecule has 0 atom stereocenters. The molecule has 0 aliphatic rings. The number of nitrogens with zero attached hydrogens (tertiary/aromatic N) is 3. The van der Waals surface area contributed by atoms with Gasteiger partial charge in [0.15, 0.2) is 0 Å². The van der Waals surface area contributed by atoms with Crippen molar-refractivity contribution in [2.75, 3.05) is 6.54 Å². The molecule has 0 aromatic carbocycles. The van der Waals surface area contributed by atoms with Gasteiger partial charge in [0.25, 0.3) is 5.56 Å². The summed E-state index contributed by atoms with van der Waals surface area (Å²) in [5.74, 6) is 0. The molecule has 0 spiro atoms. The van der Waals surface area contributed by atoms with Crippen LogP contribution in [0.25, 0.3) is 5.65 Å². The highest BCUT2D eigenvalue weighted by Gasteiger charge is 2.10. The predicted octanol–water partition coefficient (Wildman–Crippen LogP) is 4.19. The van der Waals surface area contributed by atoms with Crippen molar-refractivity contribution in [2.45, 2.75) is 20.0 Å². The van der Waals surface area contributed by atoms with Crippen molar-refractivity contribution in [1.29, 1.82) is 0 Å². The van der Waals surface area contributed by atoms with Gasteiger partial charge in [0.1, 0.15) is 5.65 Å². The fourth-order valence-corrected chi connectivity index (χ4v) is 4.06. The molecule has 0 N–H and O–H groups in total. The number of hydrogen-bond donors (Lipinski definition) is 0. The summed E-state index contributed by atoms with van der Waals surface area (Å²) in [6.07, 6.45) is 1.59. The molecule has 3 aromatic heterocycles. The summed E-state index contributed by atoms with van der Waals surface area (Å²) >= 11 is 11.1. The van der Waals surface area contributed by atoms with Crippen molar-refractivity contribution in [3.8, 4) is 0 Å². The highest BCUT2D eigenvalue weighted by Crippen LogP contribution is 2.23. The van der Waals surface area contributed by atoms with Crippen LogP contribution in [0.2, 0.25) is 5.02 Å². The molecular weight excluding hydrogens is 398 g/mol. The van der Waals surface area contributed by atoms with Crippen LogP contribution in [0.1, 0.15) is 17.5 Å². The molecule has 0 fully saturated rings. The number of halogens is 2. The zero-order valence-electron chi connectivity index (χ0n) is 12.5. The van der Waals surface area contributed by atoms with Gasteiger partial charge in [-0.05, 0) is 46.7 Å². The Hall–Kier alpha value is -1.21. The summed E-state index contributed by atoms with van der Waals surface area (Å²) in [6, 6.07) is 9.25. The minimum Gasteiger partial charge on any atom is -0.293 e. The average Bonchev–Trinajstić information content (AvgIpc) is 2.92. The van der Waals surface area contributed by atoms with Crippen LogP contribution in [-0.4, -0.2) is 20.8 Å². The summed E-state index contributed by atoms with van der Waals surface area (Å²) in [6.45, 7) is 4.47. The first-order chi connectivity index (χ1) is 11.0. The second kappa shape index (κ2) is 7.13. The molecule has 0 saturated carbocycles. The third kappa shape index (κ3) is 4.01. The lowest BCUT2D eigenvalue weighted by Gasteiger charge is -2.19. The Labute approximate surface area is 151 Å². The van der Waals surface area contributed by atoms with Crippen molar-refractivity contribution >= 4 is 44.5 Å². The molecule has 0 aliphatic carbocycles. The van der Waals surface area contributed by atoms with Crippen LogP contribution < -0.4 is 5.56 Å². The Morgan fingerprint density at radius 3 is 2.83 bits per heavy atom. The Bertz CT molecular complexity index is 892. The number of aromatic nitrogens is 2. The van der Waals surface area contributed by atoms with E-state index in [-0.39, 0.29) is 5.56 Å². The Morgan fingerprint density at radius 1 is 1.30 bits per heavy atom. The van der Waals surface area contributed by atoms with Crippen LogP contribution in [0, 0.1) is 0 Å². The summed E-state index contributed by atoms with van der Waals surface area (Å²) in [5, 5.41) is 0.521. The van der Waals surface area contributed by atoms with E-state index in [0.717, 1.165) is 22.6 Å². The quantitative estimate of drug-likeness (QED) is 0.630. The number of hydrogen-bond acceptors (Lipinski definition) is 4. The first kappa shape index (κ1) is 16.6. The van der Waals surface area contributed by atoms with Crippen LogP contribution in [-0.2, 0) is 13.1 Å². The van der Waals surface area contributed by atoms with E-state index in [9.17, 15) is 4.79 Å². The van der Waals surface area contributed by atoms with E-state index < -0.39 is 0 Å². The molecule has 0 unspecified atom stereocenters. The lowest BCUT2D eigenvalue weighted by Crippen LogP contribution is -2.24. The van der Waals surface area contributed by atoms with Gasteiger partial charge in [-0.25, -0.2) is 4.98 Å². The van der Waals surface area contributed by atoms with Gasteiger partial charge in [-0.15, -0.1) is 11.3 Å². The van der Waals surface area contributed by atoms with Crippen LogP contribution in [0.5, 0.6) is 0 Å². The van der Waals surface area contributed by atoms with Crippen LogP contribution in [0.4, 0.5) is 0 Å². The number of fused-ring (bicyclic) bond motifs is 1. The van der Waals surface area contributed by atoms with Crippen molar-refractivity contribution in [1.82, 2.24) is 14.3 Å². The molecular formula is C16H15BrClN3OS. The zero-order valence-corrected chi connectivity index (χ0v) is 15.7. The first-order valence-corrected chi connectivity index (χ1v) is 9.18. The van der Waals surface area contributed by atoms with E-state index in [4.69, 9.17) is 11.6 Å². The van der Waals surface area contributed by atoms with Gasteiger partial charge in [0.05, 0.1) is 14.5 Å². The van der Waals surface area contributed by atoms with E-state index in [0.29, 0.717) is 17.2 Å². The van der Waals surface area contributed by atoms with Gasteiger partial charge >= 0.3 is 0 Å². The van der Waals surface area contributed by atoms with Crippen LogP contribution in [0.3, 0.4) is 0 Å².